The molecule has 1 atom stereocenters. The van der Waals surface area contributed by atoms with E-state index in [1.54, 1.807) is 12.1 Å². The van der Waals surface area contributed by atoms with Crippen LogP contribution < -0.4 is 0 Å². The molecule has 16 heavy (non-hydrogen) atoms. The van der Waals surface area contributed by atoms with E-state index in [0.29, 0.717) is 18.6 Å². The molecule has 1 aromatic carbocycles. The topological polar surface area (TPSA) is 66.9 Å². The first kappa shape index (κ1) is 12.0. The maximum absolute atomic E-state index is 11.2. The minimum Gasteiger partial charge on any atom is -0.370 e. The van der Waals surface area contributed by atoms with E-state index in [1.165, 1.54) is 6.07 Å². The number of ether oxygens (including phenoxy) is 1. The maximum Gasteiger partial charge on any atom is 0.294 e. The number of epoxide rings is 1. The van der Waals surface area contributed by atoms with Gasteiger partial charge in [-0.2, -0.15) is 8.42 Å². The largest absolute Gasteiger partial charge is 0.370 e. The molecule has 0 amide bonds. The van der Waals surface area contributed by atoms with Crippen LogP contribution >= 0.6 is 15.9 Å². The average molecular weight is 307 g/mol. The maximum atomic E-state index is 11.2. The monoisotopic (exact) mass is 306 g/mol. The van der Waals surface area contributed by atoms with Crippen LogP contribution in [0.4, 0.5) is 0 Å². The van der Waals surface area contributed by atoms with E-state index < -0.39 is 10.1 Å². The van der Waals surface area contributed by atoms with E-state index in [2.05, 4.69) is 15.9 Å². The summed E-state index contributed by atoms with van der Waals surface area (Å²) >= 11 is 3.27. The lowest BCUT2D eigenvalue weighted by Crippen LogP contribution is -2.12. The van der Waals surface area contributed by atoms with E-state index in [-0.39, 0.29) is 10.5 Å². The third kappa shape index (κ3) is 2.63. The fourth-order valence-electron chi connectivity index (χ4n) is 1.57. The second-order valence-corrected chi connectivity index (χ2v) is 6.45. The summed E-state index contributed by atoms with van der Waals surface area (Å²) in [5.41, 5.74) is 0.275. The van der Waals surface area contributed by atoms with Crippen LogP contribution in [0.1, 0.15) is 12.5 Å². The van der Waals surface area contributed by atoms with Crippen molar-refractivity contribution < 1.29 is 17.7 Å². The summed E-state index contributed by atoms with van der Waals surface area (Å²) in [5.74, 6) is 0. The Kier molecular flexibility index (Phi) is 2.86. The molecule has 4 nitrogen and oxygen atoms in total. The highest BCUT2D eigenvalue weighted by molar-refractivity contribution is 9.10. The Morgan fingerprint density at radius 1 is 1.56 bits per heavy atom. The normalized spacial score (nSPS) is 24.4. The van der Waals surface area contributed by atoms with Crippen LogP contribution in [0.3, 0.4) is 0 Å². The fourth-order valence-corrected chi connectivity index (χ4v) is 2.68. The van der Waals surface area contributed by atoms with Crippen molar-refractivity contribution in [1.82, 2.24) is 0 Å². The van der Waals surface area contributed by atoms with Crippen LogP contribution in [-0.2, 0) is 21.3 Å². The smallest absolute Gasteiger partial charge is 0.294 e. The minimum atomic E-state index is -4.17. The molecule has 1 heterocycles. The lowest BCUT2D eigenvalue weighted by Gasteiger charge is -2.10. The third-order valence-corrected chi connectivity index (χ3v) is 3.95. The first-order chi connectivity index (χ1) is 7.30. The lowest BCUT2D eigenvalue weighted by atomic mass is 10.0. The predicted octanol–water partition coefficient (Wildman–Crippen LogP) is 2.03. The van der Waals surface area contributed by atoms with Gasteiger partial charge in [0, 0.05) is 10.9 Å². The van der Waals surface area contributed by atoms with E-state index >= 15 is 0 Å². The average Bonchev–Trinajstić information content (AvgIpc) is 2.80. The highest BCUT2D eigenvalue weighted by Crippen LogP contribution is 2.33. The van der Waals surface area contributed by atoms with Crippen molar-refractivity contribution in [1.29, 1.82) is 0 Å². The van der Waals surface area contributed by atoms with Crippen molar-refractivity contribution in [3.63, 3.8) is 0 Å². The van der Waals surface area contributed by atoms with Gasteiger partial charge >= 0.3 is 0 Å². The molecule has 6 heteroatoms. The Morgan fingerprint density at radius 2 is 2.19 bits per heavy atom. The number of rotatable bonds is 3. The zero-order chi connectivity index (χ0) is 12.0. The van der Waals surface area contributed by atoms with E-state index in [9.17, 15) is 8.42 Å². The molecule has 2 rings (SSSR count). The Balaban J connectivity index is 2.44. The summed E-state index contributed by atoms with van der Waals surface area (Å²) < 4.78 is 37.4. The Bertz CT molecular complexity index is 520. The summed E-state index contributed by atoms with van der Waals surface area (Å²) in [6.45, 7) is 2.52. The van der Waals surface area contributed by atoms with Crippen molar-refractivity contribution >= 4 is 26.0 Å². The van der Waals surface area contributed by atoms with Crippen LogP contribution in [0.25, 0.3) is 0 Å². The molecule has 0 bridgehead atoms. The Morgan fingerprint density at radius 3 is 2.69 bits per heavy atom. The van der Waals surface area contributed by atoms with Crippen LogP contribution in [0.15, 0.2) is 27.6 Å². The Labute approximate surface area is 102 Å². The van der Waals surface area contributed by atoms with Crippen LogP contribution in [0.5, 0.6) is 0 Å². The van der Waals surface area contributed by atoms with Crippen molar-refractivity contribution in [2.75, 3.05) is 6.61 Å². The molecular weight excluding hydrogens is 296 g/mol. The molecule has 1 aromatic rings. The van der Waals surface area contributed by atoms with E-state index in [4.69, 9.17) is 9.29 Å². The number of hydrogen-bond donors (Lipinski definition) is 1. The van der Waals surface area contributed by atoms with Crippen LogP contribution in [-0.4, -0.2) is 25.2 Å². The highest BCUT2D eigenvalue weighted by atomic mass is 79.9. The SMILES string of the molecule is C[C@@]1(Cc2cc(Br)ccc2S(=O)(=O)O)CO1. The van der Waals surface area contributed by atoms with Gasteiger partial charge in [-0.15, -0.1) is 0 Å². The van der Waals surface area contributed by atoms with Crippen LogP contribution in [0.2, 0.25) is 0 Å². The van der Waals surface area contributed by atoms with Gasteiger partial charge in [0.1, 0.15) is 0 Å². The molecule has 1 fully saturated rings. The molecular formula is C10H11BrO4S. The molecule has 0 aromatic heterocycles. The predicted molar refractivity (Wildman–Crippen MR) is 62.0 cm³/mol. The van der Waals surface area contributed by atoms with Gasteiger partial charge in [-0.25, -0.2) is 0 Å². The van der Waals surface area contributed by atoms with Gasteiger partial charge < -0.3 is 4.74 Å². The number of benzene rings is 1. The van der Waals surface area contributed by atoms with Crippen molar-refractivity contribution in [3.8, 4) is 0 Å². The standard InChI is InChI=1S/C10H11BrO4S/c1-10(6-15-10)5-7-4-8(11)2-3-9(7)16(12,13)14/h2-4H,5-6H2,1H3,(H,12,13,14)/t10-/m1/s1. The van der Waals surface area contributed by atoms with Gasteiger partial charge in [-0.05, 0) is 30.7 Å². The second-order valence-electron chi connectivity index (χ2n) is 4.14. The first-order valence-corrected chi connectivity index (χ1v) is 6.93. The minimum absolute atomic E-state index is 0.0487. The van der Waals surface area contributed by atoms with E-state index in [1.807, 2.05) is 6.92 Å². The van der Waals surface area contributed by atoms with Gasteiger partial charge in [-0.3, -0.25) is 4.55 Å². The quantitative estimate of drug-likeness (QED) is 0.685. The molecule has 0 unspecified atom stereocenters. The summed E-state index contributed by atoms with van der Waals surface area (Å²) in [7, 11) is -4.17. The van der Waals surface area contributed by atoms with Gasteiger partial charge in [0.15, 0.2) is 0 Å². The molecule has 1 N–H and O–H groups in total. The van der Waals surface area contributed by atoms with Crippen molar-refractivity contribution in [2.24, 2.45) is 0 Å². The molecule has 1 saturated heterocycles. The van der Waals surface area contributed by atoms with Gasteiger partial charge in [-0.1, -0.05) is 15.9 Å². The molecule has 1 aliphatic rings. The highest BCUT2D eigenvalue weighted by Gasteiger charge is 2.40. The zero-order valence-electron chi connectivity index (χ0n) is 8.60. The second kappa shape index (κ2) is 3.80. The van der Waals surface area contributed by atoms with Crippen molar-refractivity contribution in [2.45, 2.75) is 23.8 Å². The molecule has 0 radical (unpaired) electrons. The van der Waals surface area contributed by atoms with Gasteiger partial charge in [0.05, 0.1) is 17.1 Å². The molecule has 88 valence electrons. The van der Waals surface area contributed by atoms with Gasteiger partial charge in [0.25, 0.3) is 10.1 Å². The fraction of sp³-hybridized carbons (Fsp3) is 0.400. The summed E-state index contributed by atoms with van der Waals surface area (Å²) in [6.07, 6.45) is 0.474. The molecule has 0 saturated carbocycles. The summed E-state index contributed by atoms with van der Waals surface area (Å²) in [4.78, 5) is -0.0487. The van der Waals surface area contributed by atoms with E-state index in [0.717, 1.165) is 4.47 Å². The number of hydrogen-bond acceptors (Lipinski definition) is 3. The van der Waals surface area contributed by atoms with Gasteiger partial charge in [0.2, 0.25) is 0 Å². The third-order valence-electron chi connectivity index (χ3n) is 2.50. The first-order valence-electron chi connectivity index (χ1n) is 4.70. The summed E-state index contributed by atoms with van der Waals surface area (Å²) in [5, 5.41) is 0. The zero-order valence-corrected chi connectivity index (χ0v) is 11.0. The lowest BCUT2D eigenvalue weighted by molar-refractivity contribution is 0.321. The van der Waals surface area contributed by atoms with Crippen molar-refractivity contribution in [3.05, 3.63) is 28.2 Å². The summed E-state index contributed by atoms with van der Waals surface area (Å²) in [6, 6.07) is 4.67. The Hall–Kier alpha value is -0.430. The van der Waals surface area contributed by atoms with Crippen LogP contribution in [0, 0.1) is 0 Å². The number of halogens is 1. The molecule has 0 spiro atoms. The molecule has 0 aliphatic carbocycles. The molecule has 1 aliphatic heterocycles.